The summed E-state index contributed by atoms with van der Waals surface area (Å²) in [5.41, 5.74) is 3.64. The second-order valence-electron chi connectivity index (χ2n) is 4.88. The molecule has 1 fully saturated rings. The number of nitrogens with zero attached hydrogens (tertiary/aromatic N) is 1. The van der Waals surface area contributed by atoms with Crippen LogP contribution in [0.1, 0.15) is 54.1 Å². The number of halogens is 1. The van der Waals surface area contributed by atoms with Crippen LogP contribution in [0.4, 0.5) is 0 Å². The van der Waals surface area contributed by atoms with Crippen LogP contribution in [0.25, 0.3) is 0 Å². The van der Waals surface area contributed by atoms with Gasteiger partial charge in [-0.05, 0) is 44.2 Å². The van der Waals surface area contributed by atoms with E-state index in [2.05, 4.69) is 31.7 Å². The molecular weight excluding hydrogens is 308 g/mol. The van der Waals surface area contributed by atoms with E-state index in [9.17, 15) is 4.79 Å². The van der Waals surface area contributed by atoms with Crippen LogP contribution in [0.2, 0.25) is 0 Å². The van der Waals surface area contributed by atoms with Gasteiger partial charge in [0, 0.05) is 27.3 Å². The summed E-state index contributed by atoms with van der Waals surface area (Å²) >= 11 is 2.99. The van der Waals surface area contributed by atoms with Gasteiger partial charge in [-0.1, -0.05) is 17.3 Å². The topological polar surface area (TPSA) is 50.7 Å². The molecule has 1 aliphatic carbocycles. The number of nitrogens with one attached hydrogen (secondary N) is 1. The molecule has 4 nitrogen and oxygen atoms in total. The van der Waals surface area contributed by atoms with E-state index < -0.39 is 0 Å². The lowest BCUT2D eigenvalue weighted by Gasteiger charge is -2.12. The van der Waals surface area contributed by atoms with E-state index in [4.69, 9.17) is 4.84 Å². The Morgan fingerprint density at radius 2 is 2.21 bits per heavy atom. The smallest absolute Gasteiger partial charge is 0.261 e. The fourth-order valence-corrected chi connectivity index (χ4v) is 2.25. The molecule has 1 aliphatic rings. The highest BCUT2D eigenvalue weighted by atomic mass is 79.9. The zero-order valence-electron chi connectivity index (χ0n) is 11.1. The minimum atomic E-state index is -0.154. The first kappa shape index (κ1) is 14.1. The average molecular weight is 325 g/mol. The summed E-state index contributed by atoms with van der Waals surface area (Å²) in [6, 6.07) is 5.80. The molecule has 1 amide bonds. The van der Waals surface area contributed by atoms with E-state index in [0.717, 1.165) is 11.3 Å². The van der Waals surface area contributed by atoms with Crippen molar-refractivity contribution in [1.29, 1.82) is 0 Å². The Labute approximate surface area is 121 Å². The molecule has 19 heavy (non-hydrogen) atoms. The van der Waals surface area contributed by atoms with Crippen molar-refractivity contribution in [2.75, 3.05) is 0 Å². The third kappa shape index (κ3) is 3.56. The number of oxime groups is 1. The molecule has 0 aromatic heterocycles. The molecule has 0 aliphatic heterocycles. The van der Waals surface area contributed by atoms with Gasteiger partial charge in [0.25, 0.3) is 5.91 Å². The number of rotatable bonds is 5. The third-order valence-corrected chi connectivity index (χ3v) is 3.38. The number of benzene rings is 1. The molecule has 0 spiro atoms. The first-order valence-electron chi connectivity index (χ1n) is 6.29. The summed E-state index contributed by atoms with van der Waals surface area (Å²) in [6.07, 6.45) is 2.37. The summed E-state index contributed by atoms with van der Waals surface area (Å²) in [7, 11) is 0. The standard InChI is InChI=1S/C14H17BrN2O2/c1-9(2)17-19-8-13-11(10-6-7-10)4-3-5-12(13)14(18)16-15/h3-5,10H,6-8H2,1-2H3,(H,16,18). The predicted octanol–water partition coefficient (Wildman–Crippen LogP) is 3.52. The van der Waals surface area contributed by atoms with Crippen molar-refractivity contribution in [2.24, 2.45) is 5.16 Å². The highest BCUT2D eigenvalue weighted by Gasteiger charge is 2.28. The molecule has 0 heterocycles. The van der Waals surface area contributed by atoms with Crippen LogP contribution >= 0.6 is 16.1 Å². The first-order chi connectivity index (χ1) is 9.13. The molecule has 102 valence electrons. The Bertz CT molecular complexity index is 506. The van der Waals surface area contributed by atoms with E-state index in [1.165, 1.54) is 18.4 Å². The summed E-state index contributed by atoms with van der Waals surface area (Å²) in [6.45, 7) is 4.07. The first-order valence-corrected chi connectivity index (χ1v) is 7.08. The summed E-state index contributed by atoms with van der Waals surface area (Å²) in [5, 5.41) is 3.94. The summed E-state index contributed by atoms with van der Waals surface area (Å²) in [5.74, 6) is 0.409. The van der Waals surface area contributed by atoms with Crippen molar-refractivity contribution < 1.29 is 9.63 Å². The number of amides is 1. The Hall–Kier alpha value is -1.36. The van der Waals surface area contributed by atoms with Crippen LogP contribution in [-0.2, 0) is 11.4 Å². The van der Waals surface area contributed by atoms with E-state index in [-0.39, 0.29) is 5.91 Å². The summed E-state index contributed by atoms with van der Waals surface area (Å²) in [4.78, 5) is 17.2. The molecule has 5 heteroatoms. The molecule has 0 atom stereocenters. The third-order valence-electron chi connectivity index (χ3n) is 3.02. The minimum absolute atomic E-state index is 0.154. The van der Waals surface area contributed by atoms with Crippen LogP contribution in [0.5, 0.6) is 0 Å². The molecule has 1 aromatic rings. The Morgan fingerprint density at radius 1 is 1.47 bits per heavy atom. The second-order valence-corrected chi connectivity index (χ2v) is 5.28. The van der Waals surface area contributed by atoms with Crippen LogP contribution in [0, 0.1) is 0 Å². The predicted molar refractivity (Wildman–Crippen MR) is 78.4 cm³/mol. The quantitative estimate of drug-likeness (QED) is 0.512. The van der Waals surface area contributed by atoms with E-state index in [1.54, 1.807) is 0 Å². The van der Waals surface area contributed by atoms with Gasteiger partial charge in [-0.15, -0.1) is 0 Å². The Kier molecular flexibility index (Phi) is 4.58. The zero-order valence-corrected chi connectivity index (χ0v) is 12.7. The van der Waals surface area contributed by atoms with Crippen molar-refractivity contribution in [3.05, 3.63) is 34.9 Å². The van der Waals surface area contributed by atoms with Crippen LogP contribution in [0.3, 0.4) is 0 Å². The molecular formula is C14H17BrN2O2. The van der Waals surface area contributed by atoms with E-state index in [1.807, 2.05) is 26.0 Å². The molecule has 0 saturated heterocycles. The zero-order chi connectivity index (χ0) is 13.8. The lowest BCUT2D eigenvalue weighted by molar-refractivity contribution is 0.0974. The maximum Gasteiger partial charge on any atom is 0.261 e. The Morgan fingerprint density at radius 3 is 2.79 bits per heavy atom. The lowest BCUT2D eigenvalue weighted by atomic mass is 9.98. The normalized spacial score (nSPS) is 13.8. The number of carbonyl (C=O) groups excluding carboxylic acids is 1. The van der Waals surface area contributed by atoms with Gasteiger partial charge in [0.15, 0.2) is 0 Å². The average Bonchev–Trinajstić information content (AvgIpc) is 3.22. The van der Waals surface area contributed by atoms with Gasteiger partial charge in [0.05, 0.1) is 5.71 Å². The summed E-state index contributed by atoms with van der Waals surface area (Å²) < 4.78 is 2.49. The second kappa shape index (κ2) is 6.19. The van der Waals surface area contributed by atoms with Gasteiger partial charge in [-0.2, -0.15) is 0 Å². The van der Waals surface area contributed by atoms with E-state index >= 15 is 0 Å². The van der Waals surface area contributed by atoms with Crippen molar-refractivity contribution >= 4 is 27.8 Å². The van der Waals surface area contributed by atoms with Gasteiger partial charge < -0.3 is 4.84 Å². The number of carbonyl (C=O) groups is 1. The largest absolute Gasteiger partial charge is 0.391 e. The van der Waals surface area contributed by atoms with Crippen LogP contribution in [0.15, 0.2) is 23.4 Å². The lowest BCUT2D eigenvalue weighted by Crippen LogP contribution is -2.16. The fraction of sp³-hybridized carbons (Fsp3) is 0.429. The SMILES string of the molecule is CC(C)=NOCc1c(C(=O)NBr)cccc1C1CC1. The van der Waals surface area contributed by atoms with Crippen LogP contribution in [-0.4, -0.2) is 11.6 Å². The Balaban J connectivity index is 2.29. The highest BCUT2D eigenvalue weighted by Crippen LogP contribution is 2.42. The molecule has 0 bridgehead atoms. The maximum absolute atomic E-state index is 11.9. The monoisotopic (exact) mass is 324 g/mol. The van der Waals surface area contributed by atoms with E-state index in [0.29, 0.717) is 18.1 Å². The van der Waals surface area contributed by atoms with Crippen molar-refractivity contribution in [1.82, 2.24) is 4.34 Å². The molecule has 1 aromatic carbocycles. The molecule has 0 unspecified atom stereocenters. The van der Waals surface area contributed by atoms with Gasteiger partial charge in [0.1, 0.15) is 6.61 Å². The van der Waals surface area contributed by atoms with Crippen molar-refractivity contribution in [3.63, 3.8) is 0 Å². The van der Waals surface area contributed by atoms with Gasteiger partial charge in [-0.3, -0.25) is 9.14 Å². The maximum atomic E-state index is 11.9. The molecule has 1 N–H and O–H groups in total. The van der Waals surface area contributed by atoms with Gasteiger partial charge in [0.2, 0.25) is 0 Å². The van der Waals surface area contributed by atoms with Crippen LogP contribution < -0.4 is 4.34 Å². The fourth-order valence-electron chi connectivity index (χ4n) is 2.03. The number of hydrogen-bond acceptors (Lipinski definition) is 3. The van der Waals surface area contributed by atoms with Crippen molar-refractivity contribution in [3.8, 4) is 0 Å². The van der Waals surface area contributed by atoms with Gasteiger partial charge in [-0.25, -0.2) is 0 Å². The van der Waals surface area contributed by atoms with Gasteiger partial charge >= 0.3 is 0 Å². The molecule has 2 rings (SSSR count). The highest BCUT2D eigenvalue weighted by molar-refractivity contribution is 9.08. The molecule has 1 saturated carbocycles. The minimum Gasteiger partial charge on any atom is -0.391 e. The molecule has 0 radical (unpaired) electrons. The number of hydrogen-bond donors (Lipinski definition) is 1. The van der Waals surface area contributed by atoms with Crippen molar-refractivity contribution in [2.45, 2.75) is 39.2 Å².